The maximum atomic E-state index is 10.4. The molecule has 10 N–H and O–H groups in total. The number of aromatic hydroxyl groups is 2. The number of phenolic OH excluding ortho intramolecular Hbond substituents is 2. The summed E-state index contributed by atoms with van der Waals surface area (Å²) >= 11 is 0. The third-order valence-electron chi connectivity index (χ3n) is 7.87. The Bertz CT molecular complexity index is 1040. The largest absolute Gasteiger partial charge is 0.508 e. The lowest BCUT2D eigenvalue weighted by molar-refractivity contribution is -0.230. The lowest BCUT2D eigenvalue weighted by Gasteiger charge is -2.40. The summed E-state index contributed by atoms with van der Waals surface area (Å²) in [6.07, 6.45) is -11.5. The van der Waals surface area contributed by atoms with Crippen LogP contribution in [0.4, 0.5) is 0 Å². The van der Waals surface area contributed by atoms with E-state index in [2.05, 4.69) is 0 Å². The van der Waals surface area contributed by atoms with E-state index in [0.717, 1.165) is 11.1 Å². The fraction of sp³-hybridized carbons (Fsp3) is 0.571. The number of rotatable bonds is 9. The third-order valence-corrected chi connectivity index (χ3v) is 7.87. The van der Waals surface area contributed by atoms with E-state index in [1.165, 1.54) is 12.1 Å². The van der Waals surface area contributed by atoms with Gasteiger partial charge in [-0.15, -0.1) is 0 Å². The topological polar surface area (TPSA) is 221 Å². The van der Waals surface area contributed by atoms with Crippen molar-refractivity contribution in [2.45, 2.75) is 86.7 Å². The van der Waals surface area contributed by atoms with E-state index in [4.69, 9.17) is 9.47 Å². The van der Waals surface area contributed by atoms with Crippen LogP contribution in [0.15, 0.2) is 36.4 Å². The number of aliphatic hydroxyl groups is 8. The molecule has 12 nitrogen and oxygen atoms in total. The van der Waals surface area contributed by atoms with Gasteiger partial charge in [0.25, 0.3) is 0 Å². The van der Waals surface area contributed by atoms with Gasteiger partial charge in [-0.2, -0.15) is 0 Å². The Morgan fingerprint density at radius 1 is 0.500 bits per heavy atom. The van der Waals surface area contributed by atoms with Crippen LogP contribution in [0.3, 0.4) is 0 Å². The summed E-state index contributed by atoms with van der Waals surface area (Å²) in [7, 11) is 0. The predicted molar refractivity (Wildman–Crippen MR) is 139 cm³/mol. The second-order valence-electron chi connectivity index (χ2n) is 10.5. The number of aryl methyl sites for hydroxylation is 2. The van der Waals surface area contributed by atoms with Crippen molar-refractivity contribution in [3.63, 3.8) is 0 Å². The molecular formula is C28H38O12. The molecule has 2 fully saturated rings. The minimum Gasteiger partial charge on any atom is -0.508 e. The molecule has 4 rings (SSSR count). The summed E-state index contributed by atoms with van der Waals surface area (Å²) in [4.78, 5) is 0. The van der Waals surface area contributed by atoms with Crippen LogP contribution >= 0.6 is 0 Å². The maximum Gasteiger partial charge on any atom is 0.118 e. The van der Waals surface area contributed by atoms with E-state index in [-0.39, 0.29) is 37.2 Å². The molecule has 40 heavy (non-hydrogen) atoms. The minimum atomic E-state index is -1.48. The SMILES string of the molecule is OC[C@H]1O[C@@H](CCc2cc(-c3ccc(O)c(CC[C@@H]4O[C@H](CO)[C@@H](O)[C@H](O)[C@@H]4O)c3)ccc2O)[C@@H](O)[C@@H](O)[C@@H]1O. The Labute approximate surface area is 230 Å². The molecule has 2 aliphatic heterocycles. The van der Waals surface area contributed by atoms with Gasteiger partial charge in [0, 0.05) is 0 Å². The fourth-order valence-corrected chi connectivity index (χ4v) is 5.36. The number of phenols is 2. The molecule has 222 valence electrons. The van der Waals surface area contributed by atoms with Crippen molar-refractivity contribution in [1.29, 1.82) is 0 Å². The summed E-state index contributed by atoms with van der Waals surface area (Å²) in [6, 6.07) is 9.90. The molecule has 0 amide bonds. The van der Waals surface area contributed by atoms with Gasteiger partial charge in [0.05, 0.1) is 25.4 Å². The van der Waals surface area contributed by atoms with Gasteiger partial charge in [0.2, 0.25) is 0 Å². The number of benzene rings is 2. The van der Waals surface area contributed by atoms with E-state index in [1.807, 2.05) is 0 Å². The zero-order chi connectivity index (χ0) is 29.1. The van der Waals surface area contributed by atoms with Gasteiger partial charge in [-0.25, -0.2) is 0 Å². The van der Waals surface area contributed by atoms with Gasteiger partial charge in [0.15, 0.2) is 0 Å². The number of ether oxygens (including phenoxy) is 2. The lowest BCUT2D eigenvalue weighted by atomic mass is 9.90. The maximum absolute atomic E-state index is 10.4. The average molecular weight is 567 g/mol. The quantitative estimate of drug-likeness (QED) is 0.164. The normalized spacial score (nSPS) is 34.6. The van der Waals surface area contributed by atoms with Crippen LogP contribution in [-0.4, -0.2) is 125 Å². The zero-order valence-corrected chi connectivity index (χ0v) is 21.8. The van der Waals surface area contributed by atoms with Gasteiger partial charge in [-0.1, -0.05) is 12.1 Å². The molecule has 0 unspecified atom stereocenters. The van der Waals surface area contributed by atoms with Crippen LogP contribution in [-0.2, 0) is 22.3 Å². The second kappa shape index (κ2) is 13.1. The smallest absolute Gasteiger partial charge is 0.118 e. The first kappa shape index (κ1) is 30.6. The number of hydrogen-bond acceptors (Lipinski definition) is 12. The van der Waals surface area contributed by atoms with Crippen molar-refractivity contribution in [3.8, 4) is 22.6 Å². The van der Waals surface area contributed by atoms with Gasteiger partial charge < -0.3 is 60.5 Å². The highest BCUT2D eigenvalue weighted by molar-refractivity contribution is 5.67. The molecule has 2 heterocycles. The summed E-state index contributed by atoms with van der Waals surface area (Å²) < 4.78 is 11.1. The molecule has 0 spiro atoms. The first-order valence-electron chi connectivity index (χ1n) is 13.3. The first-order chi connectivity index (χ1) is 19.0. The summed E-state index contributed by atoms with van der Waals surface area (Å²) in [5, 5.41) is 100. The highest BCUT2D eigenvalue weighted by Gasteiger charge is 2.44. The van der Waals surface area contributed by atoms with Crippen LogP contribution < -0.4 is 0 Å². The zero-order valence-electron chi connectivity index (χ0n) is 21.8. The van der Waals surface area contributed by atoms with Crippen molar-refractivity contribution in [2.75, 3.05) is 13.2 Å². The van der Waals surface area contributed by atoms with Gasteiger partial charge in [0.1, 0.15) is 60.3 Å². The van der Waals surface area contributed by atoms with Crippen molar-refractivity contribution in [1.82, 2.24) is 0 Å². The number of aliphatic hydroxyl groups excluding tert-OH is 8. The second-order valence-corrected chi connectivity index (χ2v) is 10.5. The Morgan fingerprint density at radius 2 is 0.850 bits per heavy atom. The van der Waals surface area contributed by atoms with Gasteiger partial charge in [-0.3, -0.25) is 0 Å². The Balaban J connectivity index is 1.46. The molecule has 0 aliphatic carbocycles. The summed E-state index contributed by atoms with van der Waals surface area (Å²) in [6.45, 7) is -1.05. The van der Waals surface area contributed by atoms with Crippen molar-refractivity contribution in [3.05, 3.63) is 47.5 Å². The molecule has 0 aromatic heterocycles. The standard InChI is InChI=1S/C28H38O12/c29-11-21-25(35)27(37)23(33)19(39-21)7-3-15-9-13(1-5-17(15)31)14-2-6-18(32)16(10-14)4-8-20-24(34)28(38)26(36)22(12-30)40-20/h1-2,5-6,9-10,19-38H,3-4,7-8,11-12H2/t19-,20-,21+,22+,23+,24+,25+,26+,27+,28+/m0/s1. The molecular weight excluding hydrogens is 528 g/mol. The van der Waals surface area contributed by atoms with Gasteiger partial charge >= 0.3 is 0 Å². The van der Waals surface area contributed by atoms with Crippen LogP contribution in [0.5, 0.6) is 11.5 Å². The predicted octanol–water partition coefficient (Wildman–Crippen LogP) is -1.69. The molecule has 12 heteroatoms. The molecule has 0 radical (unpaired) electrons. The van der Waals surface area contributed by atoms with Crippen molar-refractivity contribution in [2.24, 2.45) is 0 Å². The average Bonchev–Trinajstić information content (AvgIpc) is 2.95. The highest BCUT2D eigenvalue weighted by Crippen LogP contribution is 2.33. The van der Waals surface area contributed by atoms with E-state index >= 15 is 0 Å². The number of hydrogen-bond donors (Lipinski definition) is 10. The molecule has 0 bridgehead atoms. The van der Waals surface area contributed by atoms with Crippen LogP contribution in [0.2, 0.25) is 0 Å². The summed E-state index contributed by atoms with van der Waals surface area (Å²) in [5.41, 5.74) is 2.50. The molecule has 2 aliphatic rings. The Morgan fingerprint density at radius 3 is 1.20 bits per heavy atom. The molecule has 2 aromatic carbocycles. The van der Waals surface area contributed by atoms with Crippen molar-refractivity contribution >= 4 is 0 Å². The fourth-order valence-electron chi connectivity index (χ4n) is 5.36. The van der Waals surface area contributed by atoms with Crippen LogP contribution in [0, 0.1) is 0 Å². The van der Waals surface area contributed by atoms with Crippen LogP contribution in [0.25, 0.3) is 11.1 Å². The minimum absolute atomic E-state index is 0.00922. The van der Waals surface area contributed by atoms with Crippen molar-refractivity contribution < 1.29 is 60.5 Å². The molecule has 2 saturated heterocycles. The molecule has 2 aromatic rings. The lowest BCUT2D eigenvalue weighted by Crippen LogP contribution is -2.58. The molecule has 10 atom stereocenters. The highest BCUT2D eigenvalue weighted by atomic mass is 16.6. The first-order valence-corrected chi connectivity index (χ1v) is 13.3. The summed E-state index contributed by atoms with van der Waals surface area (Å²) in [5.74, 6) is 0.0184. The molecule has 0 saturated carbocycles. The Hall–Kier alpha value is -2.36. The van der Waals surface area contributed by atoms with E-state index in [1.54, 1.807) is 24.3 Å². The van der Waals surface area contributed by atoms with E-state index in [0.29, 0.717) is 11.1 Å². The monoisotopic (exact) mass is 566 g/mol. The Kier molecular flexibility index (Phi) is 10.0. The van der Waals surface area contributed by atoms with E-state index in [9.17, 15) is 51.1 Å². The third kappa shape index (κ3) is 6.42. The van der Waals surface area contributed by atoms with Gasteiger partial charge in [-0.05, 0) is 72.2 Å². The van der Waals surface area contributed by atoms with E-state index < -0.39 is 74.3 Å². The van der Waals surface area contributed by atoms with Crippen LogP contribution in [0.1, 0.15) is 24.0 Å².